The first kappa shape index (κ1) is 13.2. The van der Waals surface area contributed by atoms with E-state index in [1.165, 1.54) is 0 Å². The van der Waals surface area contributed by atoms with E-state index in [-0.39, 0.29) is 5.82 Å². The Morgan fingerprint density at radius 1 is 1.14 bits per heavy atom. The molecule has 3 aromatic heterocycles. The number of rotatable bonds is 2. The number of benzene rings is 1. The third-order valence-electron chi connectivity index (χ3n) is 3.87. The fourth-order valence-corrected chi connectivity index (χ4v) is 3.33. The molecule has 0 radical (unpaired) electrons. The number of aromatic nitrogens is 2. The summed E-state index contributed by atoms with van der Waals surface area (Å²) >= 11 is 1.65. The number of fused-ring (bicyclic) bond motifs is 1. The van der Waals surface area contributed by atoms with Crippen LogP contribution in [-0.4, -0.2) is 9.97 Å². The van der Waals surface area contributed by atoms with Gasteiger partial charge >= 0.3 is 0 Å². The molecule has 1 N–H and O–H groups in total. The van der Waals surface area contributed by atoms with E-state index in [0.29, 0.717) is 11.1 Å². The SMILES string of the molecule is Cc1cccc(-c2c[nH]c3ncc(-c4ccsc4)cc23)c1F. The largest absolute Gasteiger partial charge is 0.346 e. The number of nitrogens with one attached hydrogen (secondary N) is 1. The summed E-state index contributed by atoms with van der Waals surface area (Å²) in [4.78, 5) is 7.59. The predicted molar refractivity (Wildman–Crippen MR) is 89.5 cm³/mol. The molecule has 4 heteroatoms. The average Bonchev–Trinajstić information content (AvgIpc) is 3.18. The number of aryl methyl sites for hydroxylation is 1. The maximum Gasteiger partial charge on any atom is 0.137 e. The topological polar surface area (TPSA) is 28.7 Å². The predicted octanol–water partition coefficient (Wildman–Crippen LogP) is 5.41. The van der Waals surface area contributed by atoms with Crippen LogP contribution in [0.25, 0.3) is 33.3 Å². The van der Waals surface area contributed by atoms with Gasteiger partial charge in [0.05, 0.1) is 0 Å². The summed E-state index contributed by atoms with van der Waals surface area (Å²) in [6.07, 6.45) is 3.67. The van der Waals surface area contributed by atoms with Crippen molar-refractivity contribution in [1.29, 1.82) is 0 Å². The Morgan fingerprint density at radius 3 is 2.86 bits per heavy atom. The highest BCUT2D eigenvalue weighted by Gasteiger charge is 2.13. The summed E-state index contributed by atoms with van der Waals surface area (Å²) in [6.45, 7) is 1.78. The Morgan fingerprint density at radius 2 is 2.05 bits per heavy atom. The van der Waals surface area contributed by atoms with Gasteiger partial charge in [-0.1, -0.05) is 18.2 Å². The van der Waals surface area contributed by atoms with Crippen LogP contribution in [0.2, 0.25) is 0 Å². The van der Waals surface area contributed by atoms with Gasteiger partial charge in [-0.3, -0.25) is 0 Å². The highest BCUT2D eigenvalue weighted by molar-refractivity contribution is 7.08. The van der Waals surface area contributed by atoms with Gasteiger partial charge in [-0.2, -0.15) is 11.3 Å². The van der Waals surface area contributed by atoms with E-state index in [1.807, 2.05) is 29.9 Å². The third-order valence-corrected chi connectivity index (χ3v) is 4.55. The molecule has 0 aliphatic heterocycles. The Balaban J connectivity index is 1.95. The minimum absolute atomic E-state index is 0.177. The molecule has 0 saturated heterocycles. The van der Waals surface area contributed by atoms with Gasteiger partial charge in [0.15, 0.2) is 0 Å². The van der Waals surface area contributed by atoms with Crippen molar-refractivity contribution < 1.29 is 4.39 Å². The summed E-state index contributed by atoms with van der Waals surface area (Å²) in [5.41, 5.74) is 5.05. The molecule has 4 aromatic rings. The molecule has 0 spiro atoms. The maximum atomic E-state index is 14.4. The number of hydrogen-bond acceptors (Lipinski definition) is 2. The van der Waals surface area contributed by atoms with Crippen LogP contribution in [0.3, 0.4) is 0 Å². The van der Waals surface area contributed by atoms with Gasteiger partial charge in [0.2, 0.25) is 0 Å². The van der Waals surface area contributed by atoms with E-state index in [2.05, 4.69) is 27.5 Å². The number of halogens is 1. The molecule has 4 rings (SSSR count). The molecule has 1 aromatic carbocycles. The van der Waals surface area contributed by atoms with Gasteiger partial charge < -0.3 is 4.98 Å². The van der Waals surface area contributed by atoms with Crippen LogP contribution in [0.5, 0.6) is 0 Å². The average molecular weight is 308 g/mol. The zero-order valence-electron chi connectivity index (χ0n) is 11.9. The lowest BCUT2D eigenvalue weighted by atomic mass is 10.0. The number of aromatic amines is 1. The molecule has 0 saturated carbocycles. The second-order valence-electron chi connectivity index (χ2n) is 5.27. The van der Waals surface area contributed by atoms with Crippen molar-refractivity contribution in [2.24, 2.45) is 0 Å². The maximum absolute atomic E-state index is 14.4. The molecule has 3 heterocycles. The molecular formula is C18H13FN2S. The van der Waals surface area contributed by atoms with E-state index in [1.54, 1.807) is 24.3 Å². The van der Waals surface area contributed by atoms with Gasteiger partial charge in [-0.05, 0) is 40.9 Å². The van der Waals surface area contributed by atoms with Crippen LogP contribution in [0, 0.1) is 12.7 Å². The first-order valence-electron chi connectivity index (χ1n) is 6.99. The second-order valence-corrected chi connectivity index (χ2v) is 6.05. The fourth-order valence-electron chi connectivity index (χ4n) is 2.67. The smallest absolute Gasteiger partial charge is 0.137 e. The molecule has 0 aliphatic rings. The van der Waals surface area contributed by atoms with Gasteiger partial charge in [0.25, 0.3) is 0 Å². The quantitative estimate of drug-likeness (QED) is 0.527. The van der Waals surface area contributed by atoms with E-state index in [9.17, 15) is 4.39 Å². The van der Waals surface area contributed by atoms with Crippen LogP contribution in [0.4, 0.5) is 4.39 Å². The van der Waals surface area contributed by atoms with Crippen LogP contribution in [0.15, 0.2) is 53.5 Å². The van der Waals surface area contributed by atoms with Crippen molar-refractivity contribution in [1.82, 2.24) is 9.97 Å². The number of H-pyrrole nitrogens is 1. The van der Waals surface area contributed by atoms with Gasteiger partial charge in [-0.15, -0.1) is 0 Å². The first-order chi connectivity index (χ1) is 10.7. The number of thiophene rings is 1. The molecule has 0 fully saturated rings. The highest BCUT2D eigenvalue weighted by Crippen LogP contribution is 2.33. The van der Waals surface area contributed by atoms with Gasteiger partial charge in [-0.25, -0.2) is 9.37 Å². The van der Waals surface area contributed by atoms with Crippen molar-refractivity contribution in [2.45, 2.75) is 6.92 Å². The Labute approximate surface area is 131 Å². The summed E-state index contributed by atoms with van der Waals surface area (Å²) < 4.78 is 14.4. The summed E-state index contributed by atoms with van der Waals surface area (Å²) in [5, 5.41) is 5.06. The normalized spacial score (nSPS) is 11.2. The van der Waals surface area contributed by atoms with E-state index >= 15 is 0 Å². The molecule has 0 amide bonds. The zero-order valence-corrected chi connectivity index (χ0v) is 12.7. The van der Waals surface area contributed by atoms with Crippen molar-refractivity contribution in [2.75, 3.05) is 0 Å². The molecule has 0 aliphatic carbocycles. The van der Waals surface area contributed by atoms with Gasteiger partial charge in [0, 0.05) is 34.5 Å². The van der Waals surface area contributed by atoms with Crippen LogP contribution in [0.1, 0.15) is 5.56 Å². The number of hydrogen-bond donors (Lipinski definition) is 1. The monoisotopic (exact) mass is 308 g/mol. The van der Waals surface area contributed by atoms with E-state index < -0.39 is 0 Å². The molecule has 2 nitrogen and oxygen atoms in total. The van der Waals surface area contributed by atoms with Crippen molar-refractivity contribution >= 4 is 22.4 Å². The van der Waals surface area contributed by atoms with Crippen LogP contribution < -0.4 is 0 Å². The Hall–Kier alpha value is -2.46. The number of nitrogens with zero attached hydrogens (tertiary/aromatic N) is 1. The number of pyridine rings is 1. The lowest BCUT2D eigenvalue weighted by Crippen LogP contribution is -1.87. The lowest BCUT2D eigenvalue weighted by molar-refractivity contribution is 0.622. The molecular weight excluding hydrogens is 295 g/mol. The molecule has 0 atom stereocenters. The minimum Gasteiger partial charge on any atom is -0.346 e. The fraction of sp³-hybridized carbons (Fsp3) is 0.0556. The summed E-state index contributed by atoms with van der Waals surface area (Å²) in [6, 6.07) is 9.60. The second kappa shape index (κ2) is 5.07. The summed E-state index contributed by atoms with van der Waals surface area (Å²) in [5.74, 6) is -0.177. The molecule has 22 heavy (non-hydrogen) atoms. The molecule has 0 unspecified atom stereocenters. The van der Waals surface area contributed by atoms with Crippen molar-refractivity contribution in [3.63, 3.8) is 0 Å². The minimum atomic E-state index is -0.177. The van der Waals surface area contributed by atoms with Crippen LogP contribution in [-0.2, 0) is 0 Å². The molecule has 108 valence electrons. The van der Waals surface area contributed by atoms with Gasteiger partial charge in [0.1, 0.15) is 11.5 Å². The third kappa shape index (κ3) is 2.04. The first-order valence-corrected chi connectivity index (χ1v) is 7.93. The highest BCUT2D eigenvalue weighted by atomic mass is 32.1. The lowest BCUT2D eigenvalue weighted by Gasteiger charge is -2.05. The van der Waals surface area contributed by atoms with Crippen LogP contribution >= 0.6 is 11.3 Å². The standard InChI is InChI=1S/C18H13FN2S/c1-11-3-2-4-14(17(11)19)16-9-21-18-15(16)7-13(8-20-18)12-5-6-22-10-12/h2-10H,1H3,(H,20,21). The molecule has 0 bridgehead atoms. The van der Waals surface area contributed by atoms with Crippen molar-refractivity contribution in [3.05, 3.63) is 64.9 Å². The van der Waals surface area contributed by atoms with E-state index in [0.717, 1.165) is 27.7 Å². The zero-order chi connectivity index (χ0) is 15.1. The Bertz CT molecular complexity index is 955. The summed E-state index contributed by atoms with van der Waals surface area (Å²) in [7, 11) is 0. The Kier molecular flexibility index (Phi) is 3.05. The van der Waals surface area contributed by atoms with E-state index in [4.69, 9.17) is 0 Å². The van der Waals surface area contributed by atoms with Crippen molar-refractivity contribution in [3.8, 4) is 22.3 Å².